The third kappa shape index (κ3) is 5.68. The summed E-state index contributed by atoms with van der Waals surface area (Å²) in [5.41, 5.74) is 4.49. The van der Waals surface area contributed by atoms with Crippen LogP contribution in [0.4, 0.5) is 11.6 Å². The third-order valence-electron chi connectivity index (χ3n) is 4.62. The Bertz CT molecular complexity index is 1040. The number of rotatable bonds is 10. The van der Waals surface area contributed by atoms with E-state index in [9.17, 15) is 0 Å². The Morgan fingerprint density at radius 3 is 2.90 bits per heavy atom. The minimum absolute atomic E-state index is 0.506. The number of hydrogen-bond acceptors (Lipinski definition) is 5. The molecule has 158 valence electrons. The molecule has 0 spiro atoms. The van der Waals surface area contributed by atoms with E-state index in [4.69, 9.17) is 11.6 Å². The van der Waals surface area contributed by atoms with Gasteiger partial charge in [0.25, 0.3) is 0 Å². The van der Waals surface area contributed by atoms with E-state index in [1.165, 1.54) is 12.8 Å². The molecule has 0 saturated heterocycles. The maximum atomic E-state index is 6.53. The minimum Gasteiger partial charge on any atom is -0.356 e. The van der Waals surface area contributed by atoms with Crippen molar-refractivity contribution in [1.29, 1.82) is 0 Å². The lowest BCUT2D eigenvalue weighted by atomic mass is 10.2. The number of allylic oxidation sites excluding steroid dienone is 1. The molecule has 0 aliphatic rings. The van der Waals surface area contributed by atoms with Gasteiger partial charge in [-0.05, 0) is 50.6 Å². The molecule has 2 aromatic heterocycles. The van der Waals surface area contributed by atoms with E-state index in [1.807, 2.05) is 31.3 Å². The maximum absolute atomic E-state index is 6.53. The normalized spacial score (nSPS) is 12.2. The van der Waals surface area contributed by atoms with Gasteiger partial charge in [-0.3, -0.25) is 4.99 Å². The fraction of sp³-hybridized carbons (Fsp3) is 0.348. The van der Waals surface area contributed by atoms with Gasteiger partial charge < -0.3 is 15.6 Å². The molecule has 0 fully saturated rings. The van der Waals surface area contributed by atoms with E-state index in [1.54, 1.807) is 6.20 Å². The molecule has 0 aliphatic heterocycles. The van der Waals surface area contributed by atoms with Crippen LogP contribution in [0.1, 0.15) is 51.4 Å². The standard InChI is InChI=1S/C23H29ClN6/c1-4-7-10-25-15-18-13-16-12-17(14-19(24)22(16)28-18)29-23-27-11-8-21(30-23)20(6-3)26-9-5-2/h6,8-9,11-14,25,28H,4-5,7,10,15H2,1-3H3,(H,27,29,30)/b20-6-,26-9?. The van der Waals surface area contributed by atoms with Crippen molar-refractivity contribution in [2.75, 3.05) is 11.9 Å². The number of unbranched alkanes of at least 4 members (excludes halogenated alkanes) is 1. The highest BCUT2D eigenvalue weighted by molar-refractivity contribution is 6.35. The van der Waals surface area contributed by atoms with E-state index >= 15 is 0 Å². The molecule has 0 amide bonds. The molecule has 6 nitrogen and oxygen atoms in total. The van der Waals surface area contributed by atoms with Crippen LogP contribution in [0.5, 0.6) is 0 Å². The molecule has 0 radical (unpaired) electrons. The average Bonchev–Trinajstić information content (AvgIpc) is 3.16. The predicted octanol–water partition coefficient (Wildman–Crippen LogP) is 6.09. The quantitative estimate of drug-likeness (QED) is 0.272. The predicted molar refractivity (Wildman–Crippen MR) is 128 cm³/mol. The molecule has 30 heavy (non-hydrogen) atoms. The summed E-state index contributed by atoms with van der Waals surface area (Å²) in [4.78, 5) is 16.8. The van der Waals surface area contributed by atoms with Crippen LogP contribution < -0.4 is 10.6 Å². The molecule has 3 rings (SSSR count). The maximum Gasteiger partial charge on any atom is 0.227 e. The molecule has 0 bridgehead atoms. The molecule has 0 aliphatic carbocycles. The fourth-order valence-electron chi connectivity index (χ4n) is 3.12. The average molecular weight is 425 g/mol. The van der Waals surface area contributed by atoms with Gasteiger partial charge in [-0.1, -0.05) is 37.9 Å². The highest BCUT2D eigenvalue weighted by atomic mass is 35.5. The summed E-state index contributed by atoms with van der Waals surface area (Å²) in [7, 11) is 0. The zero-order valence-corrected chi connectivity index (χ0v) is 18.6. The Labute approximate surface area is 182 Å². The SMILES string of the molecule is C/C=C(\N=CCC)c1ccnc(Nc2cc(Cl)c3[nH]c(CNCCCC)cc3c2)n1. The van der Waals surface area contributed by atoms with E-state index < -0.39 is 0 Å². The first-order chi connectivity index (χ1) is 14.6. The van der Waals surface area contributed by atoms with Gasteiger partial charge >= 0.3 is 0 Å². The van der Waals surface area contributed by atoms with E-state index in [0.717, 1.165) is 53.2 Å². The molecule has 3 N–H and O–H groups in total. The Morgan fingerprint density at radius 2 is 2.13 bits per heavy atom. The summed E-state index contributed by atoms with van der Waals surface area (Å²) >= 11 is 6.53. The summed E-state index contributed by atoms with van der Waals surface area (Å²) in [6, 6.07) is 7.92. The highest BCUT2D eigenvalue weighted by Gasteiger charge is 2.09. The van der Waals surface area contributed by atoms with Crippen molar-refractivity contribution in [3.05, 3.63) is 52.9 Å². The summed E-state index contributed by atoms with van der Waals surface area (Å²) in [5.74, 6) is 0.506. The molecule has 0 unspecified atom stereocenters. The first-order valence-corrected chi connectivity index (χ1v) is 10.8. The van der Waals surface area contributed by atoms with Crippen LogP contribution >= 0.6 is 11.6 Å². The van der Waals surface area contributed by atoms with Crippen molar-refractivity contribution in [2.24, 2.45) is 4.99 Å². The largest absolute Gasteiger partial charge is 0.356 e. The van der Waals surface area contributed by atoms with Gasteiger partial charge in [-0.25, -0.2) is 9.97 Å². The molecule has 1 aromatic carbocycles. The lowest BCUT2D eigenvalue weighted by Crippen LogP contribution is -2.14. The van der Waals surface area contributed by atoms with Crippen molar-refractivity contribution in [2.45, 2.75) is 46.6 Å². The highest BCUT2D eigenvalue weighted by Crippen LogP contribution is 2.29. The number of aliphatic imine (C=N–C) groups is 1. The van der Waals surface area contributed by atoms with Crippen LogP contribution in [0.25, 0.3) is 16.6 Å². The molecule has 3 aromatic rings. The zero-order valence-electron chi connectivity index (χ0n) is 17.8. The fourth-order valence-corrected chi connectivity index (χ4v) is 3.39. The molecule has 7 heteroatoms. The van der Waals surface area contributed by atoms with Gasteiger partial charge in [-0.15, -0.1) is 0 Å². The third-order valence-corrected chi connectivity index (χ3v) is 4.92. The topological polar surface area (TPSA) is 78.0 Å². The smallest absolute Gasteiger partial charge is 0.227 e. The Hall–Kier alpha value is -2.70. The first-order valence-electron chi connectivity index (χ1n) is 10.5. The van der Waals surface area contributed by atoms with Crippen molar-refractivity contribution < 1.29 is 0 Å². The van der Waals surface area contributed by atoms with Crippen LogP contribution in [0.3, 0.4) is 0 Å². The van der Waals surface area contributed by atoms with Gasteiger partial charge in [0.05, 0.1) is 21.9 Å². The van der Waals surface area contributed by atoms with E-state index in [0.29, 0.717) is 11.0 Å². The Morgan fingerprint density at radius 1 is 1.27 bits per heavy atom. The lowest BCUT2D eigenvalue weighted by molar-refractivity contribution is 0.635. The Balaban J connectivity index is 1.79. The number of H-pyrrole nitrogens is 1. The molecular formula is C23H29ClN6. The van der Waals surface area contributed by atoms with Gasteiger partial charge in [-0.2, -0.15) is 0 Å². The van der Waals surface area contributed by atoms with Gasteiger partial charge in [0.2, 0.25) is 5.95 Å². The van der Waals surface area contributed by atoms with E-state index in [-0.39, 0.29) is 0 Å². The second kappa shape index (κ2) is 10.9. The monoisotopic (exact) mass is 424 g/mol. The number of nitrogens with one attached hydrogen (secondary N) is 3. The number of fused-ring (bicyclic) bond motifs is 1. The van der Waals surface area contributed by atoms with Crippen molar-refractivity contribution in [3.8, 4) is 0 Å². The minimum atomic E-state index is 0.506. The van der Waals surface area contributed by atoms with Crippen LogP contribution in [0.2, 0.25) is 5.02 Å². The number of benzene rings is 1. The van der Waals surface area contributed by atoms with Crippen LogP contribution in [0, 0.1) is 0 Å². The van der Waals surface area contributed by atoms with Crippen LogP contribution in [0.15, 0.2) is 41.5 Å². The van der Waals surface area contributed by atoms with Crippen LogP contribution in [-0.4, -0.2) is 27.7 Å². The van der Waals surface area contributed by atoms with Crippen molar-refractivity contribution >= 4 is 46.1 Å². The second-order valence-corrected chi connectivity index (χ2v) is 7.44. The first kappa shape index (κ1) is 22.0. The van der Waals surface area contributed by atoms with E-state index in [2.05, 4.69) is 56.6 Å². The second-order valence-electron chi connectivity index (χ2n) is 7.03. The summed E-state index contributed by atoms with van der Waals surface area (Å²) in [5, 5.41) is 8.42. The van der Waals surface area contributed by atoms with Gasteiger partial charge in [0.15, 0.2) is 0 Å². The number of aromatic amines is 1. The number of halogens is 1. The van der Waals surface area contributed by atoms with Gasteiger partial charge in [0.1, 0.15) is 0 Å². The molecule has 0 atom stereocenters. The van der Waals surface area contributed by atoms with Gasteiger partial charge in [0, 0.05) is 35.7 Å². The molecule has 2 heterocycles. The lowest BCUT2D eigenvalue weighted by Gasteiger charge is -2.08. The number of aromatic nitrogens is 3. The summed E-state index contributed by atoms with van der Waals surface area (Å²) in [6.07, 6.45) is 8.78. The number of hydrogen-bond donors (Lipinski definition) is 3. The van der Waals surface area contributed by atoms with Crippen molar-refractivity contribution in [1.82, 2.24) is 20.3 Å². The zero-order chi connectivity index (χ0) is 21.3. The van der Waals surface area contributed by atoms with Crippen LogP contribution in [-0.2, 0) is 6.54 Å². The Kier molecular flexibility index (Phi) is 7.99. The summed E-state index contributed by atoms with van der Waals surface area (Å²) in [6.45, 7) is 8.00. The van der Waals surface area contributed by atoms with Crippen molar-refractivity contribution in [3.63, 3.8) is 0 Å². The number of nitrogens with zero attached hydrogens (tertiary/aromatic N) is 3. The summed E-state index contributed by atoms with van der Waals surface area (Å²) < 4.78 is 0. The molecular weight excluding hydrogens is 396 g/mol. The number of anilines is 2. The molecule has 0 saturated carbocycles.